The third-order valence-electron chi connectivity index (χ3n) is 4.04. The van der Waals surface area contributed by atoms with Crippen molar-refractivity contribution in [3.05, 3.63) is 64.7 Å². The van der Waals surface area contributed by atoms with Gasteiger partial charge in [0.1, 0.15) is 0 Å². The van der Waals surface area contributed by atoms with Crippen LogP contribution in [-0.4, -0.2) is 18.4 Å². The molecule has 0 atom stereocenters. The number of hydrogen-bond acceptors (Lipinski definition) is 2. The lowest BCUT2D eigenvalue weighted by atomic mass is 9.99. The van der Waals surface area contributed by atoms with Crippen LogP contribution in [0.25, 0.3) is 0 Å². The zero-order valence-corrected chi connectivity index (χ0v) is 13.2. The molecule has 3 rings (SSSR count). The first kappa shape index (κ1) is 15.3. The van der Waals surface area contributed by atoms with Gasteiger partial charge in [0, 0.05) is 24.2 Å². The van der Waals surface area contributed by atoms with Gasteiger partial charge in [0.25, 0.3) is 5.91 Å². The lowest BCUT2D eigenvalue weighted by Crippen LogP contribution is -2.25. The number of carbonyl (C=O) groups excluding carboxylic acids is 2. The van der Waals surface area contributed by atoms with Gasteiger partial charge in [0.05, 0.1) is 0 Å². The lowest BCUT2D eigenvalue weighted by Gasteiger charge is -2.17. The monoisotopic (exact) mass is 308 g/mol. The third kappa shape index (κ3) is 3.77. The van der Waals surface area contributed by atoms with Crippen LogP contribution in [0.15, 0.2) is 42.5 Å². The van der Waals surface area contributed by atoms with Crippen LogP contribution in [-0.2, 0) is 17.6 Å². The molecular weight excluding hydrogens is 288 g/mol. The SMILES string of the molecule is Cc1cccc(C(=O)NCCc2ccc3c(c2)CCC(=O)N3)c1. The van der Waals surface area contributed by atoms with Crippen molar-refractivity contribution >= 4 is 17.5 Å². The molecule has 2 aromatic rings. The average Bonchev–Trinajstić information content (AvgIpc) is 2.55. The van der Waals surface area contributed by atoms with E-state index in [1.54, 1.807) is 0 Å². The Kier molecular flexibility index (Phi) is 4.42. The van der Waals surface area contributed by atoms with Gasteiger partial charge in [-0.3, -0.25) is 9.59 Å². The predicted octanol–water partition coefficient (Wildman–Crippen LogP) is 2.85. The molecule has 0 spiro atoms. The Morgan fingerprint density at radius 3 is 2.87 bits per heavy atom. The second-order valence-electron chi connectivity index (χ2n) is 5.92. The zero-order valence-electron chi connectivity index (χ0n) is 13.2. The minimum Gasteiger partial charge on any atom is -0.352 e. The van der Waals surface area contributed by atoms with Crippen molar-refractivity contribution < 1.29 is 9.59 Å². The van der Waals surface area contributed by atoms with E-state index >= 15 is 0 Å². The van der Waals surface area contributed by atoms with Gasteiger partial charge in [-0.1, -0.05) is 29.8 Å². The minimum atomic E-state index is -0.0427. The first-order chi connectivity index (χ1) is 11.1. The molecule has 0 fully saturated rings. The number of fused-ring (bicyclic) bond motifs is 1. The average molecular weight is 308 g/mol. The smallest absolute Gasteiger partial charge is 0.251 e. The van der Waals surface area contributed by atoms with E-state index in [9.17, 15) is 9.59 Å². The second kappa shape index (κ2) is 6.65. The maximum absolute atomic E-state index is 12.1. The highest BCUT2D eigenvalue weighted by molar-refractivity contribution is 5.94. The van der Waals surface area contributed by atoms with Crippen molar-refractivity contribution in [2.75, 3.05) is 11.9 Å². The van der Waals surface area contributed by atoms with Crippen LogP contribution in [0.1, 0.15) is 33.5 Å². The Labute approximate surface area is 135 Å². The number of benzene rings is 2. The molecule has 1 aliphatic rings. The summed E-state index contributed by atoms with van der Waals surface area (Å²) >= 11 is 0. The van der Waals surface area contributed by atoms with Gasteiger partial charge in [0.15, 0.2) is 0 Å². The molecule has 0 unspecified atom stereocenters. The van der Waals surface area contributed by atoms with Crippen LogP contribution >= 0.6 is 0 Å². The van der Waals surface area contributed by atoms with E-state index in [4.69, 9.17) is 0 Å². The van der Waals surface area contributed by atoms with Crippen LogP contribution in [0.4, 0.5) is 5.69 Å². The molecule has 2 N–H and O–H groups in total. The summed E-state index contributed by atoms with van der Waals surface area (Å²) in [5.74, 6) is 0.0367. The summed E-state index contributed by atoms with van der Waals surface area (Å²) in [6, 6.07) is 13.6. The van der Waals surface area contributed by atoms with Gasteiger partial charge in [0.2, 0.25) is 5.91 Å². The molecule has 0 radical (unpaired) electrons. The van der Waals surface area contributed by atoms with Crippen LogP contribution in [0.3, 0.4) is 0 Å². The van der Waals surface area contributed by atoms with Gasteiger partial charge in [-0.2, -0.15) is 0 Å². The van der Waals surface area contributed by atoms with Gasteiger partial charge in [-0.25, -0.2) is 0 Å². The van der Waals surface area contributed by atoms with Crippen LogP contribution < -0.4 is 10.6 Å². The number of aryl methyl sites for hydroxylation is 2. The first-order valence-corrected chi connectivity index (χ1v) is 7.88. The van der Waals surface area contributed by atoms with E-state index in [1.807, 2.05) is 43.3 Å². The van der Waals surface area contributed by atoms with Crippen molar-refractivity contribution in [2.45, 2.75) is 26.2 Å². The summed E-state index contributed by atoms with van der Waals surface area (Å²) in [6.07, 6.45) is 2.10. The number of nitrogens with one attached hydrogen (secondary N) is 2. The Morgan fingerprint density at radius 2 is 2.04 bits per heavy atom. The van der Waals surface area contributed by atoms with Gasteiger partial charge < -0.3 is 10.6 Å². The number of amides is 2. The Bertz CT molecular complexity index is 753. The Balaban J connectivity index is 1.57. The number of rotatable bonds is 4. The Hall–Kier alpha value is -2.62. The summed E-state index contributed by atoms with van der Waals surface area (Å²) in [4.78, 5) is 23.5. The highest BCUT2D eigenvalue weighted by atomic mass is 16.2. The molecule has 0 aliphatic carbocycles. The predicted molar refractivity (Wildman–Crippen MR) is 90.6 cm³/mol. The molecule has 23 heavy (non-hydrogen) atoms. The molecule has 1 aliphatic heterocycles. The van der Waals surface area contributed by atoms with Crippen molar-refractivity contribution in [3.8, 4) is 0 Å². The fourth-order valence-corrected chi connectivity index (χ4v) is 2.80. The molecule has 2 aromatic carbocycles. The van der Waals surface area contributed by atoms with Gasteiger partial charge >= 0.3 is 0 Å². The topological polar surface area (TPSA) is 58.2 Å². The number of anilines is 1. The summed E-state index contributed by atoms with van der Waals surface area (Å²) in [5.41, 5.74) is 5.03. The van der Waals surface area contributed by atoms with Gasteiger partial charge in [-0.15, -0.1) is 0 Å². The molecule has 0 aromatic heterocycles. The zero-order chi connectivity index (χ0) is 16.2. The summed E-state index contributed by atoms with van der Waals surface area (Å²) < 4.78 is 0. The highest BCUT2D eigenvalue weighted by Gasteiger charge is 2.14. The molecule has 0 bridgehead atoms. The van der Waals surface area contributed by atoms with E-state index in [0.717, 1.165) is 24.1 Å². The second-order valence-corrected chi connectivity index (χ2v) is 5.92. The number of hydrogen-bond donors (Lipinski definition) is 2. The summed E-state index contributed by atoms with van der Waals surface area (Å²) in [7, 11) is 0. The Morgan fingerprint density at radius 1 is 1.17 bits per heavy atom. The molecule has 4 nitrogen and oxygen atoms in total. The van der Waals surface area contributed by atoms with E-state index < -0.39 is 0 Å². The molecule has 4 heteroatoms. The van der Waals surface area contributed by atoms with E-state index in [2.05, 4.69) is 16.7 Å². The first-order valence-electron chi connectivity index (χ1n) is 7.88. The quantitative estimate of drug-likeness (QED) is 0.912. The molecule has 0 saturated carbocycles. The maximum Gasteiger partial charge on any atom is 0.251 e. The lowest BCUT2D eigenvalue weighted by molar-refractivity contribution is -0.116. The third-order valence-corrected chi connectivity index (χ3v) is 4.04. The van der Waals surface area contributed by atoms with Gasteiger partial charge in [-0.05, 0) is 49.1 Å². The van der Waals surface area contributed by atoms with Crippen molar-refractivity contribution in [3.63, 3.8) is 0 Å². The maximum atomic E-state index is 12.1. The molecule has 0 saturated heterocycles. The minimum absolute atomic E-state index is 0.0427. The normalized spacial score (nSPS) is 13.2. The van der Waals surface area contributed by atoms with Crippen LogP contribution in [0.2, 0.25) is 0 Å². The van der Waals surface area contributed by atoms with Crippen LogP contribution in [0.5, 0.6) is 0 Å². The molecular formula is C19H20N2O2. The standard InChI is InChI=1S/C19H20N2O2/c1-13-3-2-4-16(11-13)19(23)20-10-9-14-5-7-17-15(12-14)6-8-18(22)21-17/h2-5,7,11-12H,6,8-10H2,1H3,(H,20,23)(H,21,22). The molecule has 2 amide bonds. The van der Waals surface area contributed by atoms with Crippen LogP contribution in [0, 0.1) is 6.92 Å². The van der Waals surface area contributed by atoms with E-state index in [1.165, 1.54) is 11.1 Å². The fraction of sp³-hybridized carbons (Fsp3) is 0.263. The largest absolute Gasteiger partial charge is 0.352 e. The van der Waals surface area contributed by atoms with Crippen molar-refractivity contribution in [1.82, 2.24) is 5.32 Å². The van der Waals surface area contributed by atoms with E-state index in [-0.39, 0.29) is 11.8 Å². The molecule has 1 heterocycles. The van der Waals surface area contributed by atoms with Crippen molar-refractivity contribution in [1.29, 1.82) is 0 Å². The molecule has 118 valence electrons. The number of carbonyl (C=O) groups is 2. The van der Waals surface area contributed by atoms with E-state index in [0.29, 0.717) is 18.5 Å². The highest BCUT2D eigenvalue weighted by Crippen LogP contribution is 2.23. The fourth-order valence-electron chi connectivity index (χ4n) is 2.80. The summed E-state index contributed by atoms with van der Waals surface area (Å²) in [6.45, 7) is 2.57. The van der Waals surface area contributed by atoms with Crippen molar-refractivity contribution in [2.24, 2.45) is 0 Å². The summed E-state index contributed by atoms with van der Waals surface area (Å²) in [5, 5.41) is 5.83.